The quantitative estimate of drug-likeness (QED) is 0.890. The van der Waals surface area contributed by atoms with Gasteiger partial charge in [-0.2, -0.15) is 0 Å². The molecule has 1 aromatic carbocycles. The van der Waals surface area contributed by atoms with E-state index >= 15 is 0 Å². The zero-order valence-corrected chi connectivity index (χ0v) is 13.4. The largest absolute Gasteiger partial charge is 0.350 e. The molecule has 1 fully saturated rings. The third kappa shape index (κ3) is 4.28. The van der Waals surface area contributed by atoms with Crippen LogP contribution in [-0.2, 0) is 6.54 Å². The monoisotopic (exact) mass is 310 g/mol. The second-order valence-corrected chi connectivity index (χ2v) is 6.01. The van der Waals surface area contributed by atoms with Gasteiger partial charge in [0.05, 0.1) is 0 Å². The molecular weight excluding hydrogens is 288 g/mol. The van der Waals surface area contributed by atoms with Gasteiger partial charge < -0.3 is 10.6 Å². The highest BCUT2D eigenvalue weighted by Gasteiger charge is 2.19. The van der Waals surface area contributed by atoms with Gasteiger partial charge in [0.25, 0.3) is 5.91 Å². The molecule has 1 amide bonds. The molecule has 23 heavy (non-hydrogen) atoms. The fourth-order valence-corrected chi connectivity index (χ4v) is 2.87. The van der Waals surface area contributed by atoms with E-state index in [4.69, 9.17) is 0 Å². The number of carbonyl (C=O) groups excluding carboxylic acids is 1. The minimum Gasteiger partial charge on any atom is -0.350 e. The molecule has 0 saturated heterocycles. The molecule has 3 rings (SSSR count). The number of rotatable bonds is 5. The van der Waals surface area contributed by atoms with Gasteiger partial charge in [0, 0.05) is 18.3 Å². The maximum atomic E-state index is 12.4. The van der Waals surface area contributed by atoms with Crippen LogP contribution in [0.25, 0.3) is 0 Å². The predicted molar refractivity (Wildman–Crippen MR) is 90.3 cm³/mol. The Hall–Kier alpha value is -2.43. The number of carbonyl (C=O) groups is 1. The zero-order valence-electron chi connectivity index (χ0n) is 13.4. The van der Waals surface area contributed by atoms with Crippen molar-refractivity contribution in [3.63, 3.8) is 0 Å². The van der Waals surface area contributed by atoms with Crippen molar-refractivity contribution in [1.29, 1.82) is 0 Å². The molecule has 0 aliphatic heterocycles. The molecule has 0 bridgehead atoms. The first-order chi connectivity index (χ1) is 11.2. The fraction of sp³-hybridized carbons (Fsp3) is 0.389. The van der Waals surface area contributed by atoms with Crippen molar-refractivity contribution in [3.8, 4) is 0 Å². The molecule has 1 heterocycles. The minimum atomic E-state index is -0.106. The summed E-state index contributed by atoms with van der Waals surface area (Å²) in [4.78, 5) is 21.1. The van der Waals surface area contributed by atoms with Gasteiger partial charge in [0.2, 0.25) is 5.95 Å². The van der Waals surface area contributed by atoms with Crippen molar-refractivity contribution in [3.05, 3.63) is 53.3 Å². The number of aryl methyl sites for hydroxylation is 1. The summed E-state index contributed by atoms with van der Waals surface area (Å²) < 4.78 is 0. The third-order valence-corrected chi connectivity index (χ3v) is 4.07. The van der Waals surface area contributed by atoms with Crippen molar-refractivity contribution >= 4 is 11.9 Å². The fourth-order valence-electron chi connectivity index (χ4n) is 2.87. The van der Waals surface area contributed by atoms with Crippen LogP contribution in [0.15, 0.2) is 36.4 Å². The maximum absolute atomic E-state index is 12.4. The van der Waals surface area contributed by atoms with E-state index in [1.807, 2.05) is 37.3 Å². The summed E-state index contributed by atoms with van der Waals surface area (Å²) in [6.45, 7) is 2.51. The first-order valence-corrected chi connectivity index (χ1v) is 8.15. The molecule has 0 atom stereocenters. The first-order valence-electron chi connectivity index (χ1n) is 8.15. The van der Waals surface area contributed by atoms with Gasteiger partial charge in [-0.15, -0.1) is 0 Å². The number of nitrogens with one attached hydrogen (secondary N) is 2. The summed E-state index contributed by atoms with van der Waals surface area (Å²) in [6, 6.07) is 12.1. The normalized spacial score (nSPS) is 14.7. The number of benzene rings is 1. The van der Waals surface area contributed by atoms with E-state index in [-0.39, 0.29) is 5.91 Å². The minimum absolute atomic E-state index is 0.106. The lowest BCUT2D eigenvalue weighted by molar-refractivity contribution is 0.0932. The molecule has 5 heteroatoms. The Balaban J connectivity index is 1.67. The Bertz CT molecular complexity index is 666. The van der Waals surface area contributed by atoms with E-state index in [0.29, 0.717) is 24.2 Å². The second-order valence-electron chi connectivity index (χ2n) is 6.01. The number of aromatic nitrogens is 2. The molecule has 0 spiro atoms. The smallest absolute Gasteiger partial charge is 0.270 e. The van der Waals surface area contributed by atoms with Crippen LogP contribution in [-0.4, -0.2) is 21.9 Å². The standard InChI is InChI=1S/C18H22N4O/c1-13-11-16(17(23)21-15-9-5-6-10-15)22-18(20-13)19-12-14-7-3-2-4-8-14/h2-4,7-8,11,15H,5-6,9-10,12H2,1H3,(H,21,23)(H,19,20,22). The topological polar surface area (TPSA) is 66.9 Å². The van der Waals surface area contributed by atoms with E-state index < -0.39 is 0 Å². The molecular formula is C18H22N4O. The van der Waals surface area contributed by atoms with Gasteiger partial charge in [0.15, 0.2) is 0 Å². The average molecular weight is 310 g/mol. The summed E-state index contributed by atoms with van der Waals surface area (Å²) in [5.74, 6) is 0.385. The lowest BCUT2D eigenvalue weighted by atomic mass is 10.2. The van der Waals surface area contributed by atoms with E-state index in [1.54, 1.807) is 6.07 Å². The van der Waals surface area contributed by atoms with E-state index in [9.17, 15) is 4.79 Å². The molecule has 120 valence electrons. The first kappa shape index (κ1) is 15.5. The maximum Gasteiger partial charge on any atom is 0.270 e. The van der Waals surface area contributed by atoms with Crippen molar-refractivity contribution in [1.82, 2.24) is 15.3 Å². The van der Waals surface area contributed by atoms with Gasteiger partial charge in [0.1, 0.15) is 5.69 Å². The van der Waals surface area contributed by atoms with Crippen LogP contribution in [0.5, 0.6) is 0 Å². The van der Waals surface area contributed by atoms with Crippen LogP contribution in [0.2, 0.25) is 0 Å². The molecule has 1 saturated carbocycles. The molecule has 2 N–H and O–H groups in total. The highest BCUT2D eigenvalue weighted by molar-refractivity contribution is 5.92. The Morgan fingerprint density at radius 1 is 1.17 bits per heavy atom. The zero-order chi connectivity index (χ0) is 16.1. The summed E-state index contributed by atoms with van der Waals surface area (Å²) >= 11 is 0. The summed E-state index contributed by atoms with van der Waals surface area (Å²) in [5, 5.41) is 6.25. The molecule has 1 aliphatic carbocycles. The summed E-state index contributed by atoms with van der Waals surface area (Å²) in [7, 11) is 0. The Kier molecular flexibility index (Phi) is 4.86. The van der Waals surface area contributed by atoms with Gasteiger partial charge in [-0.3, -0.25) is 4.79 Å². The lowest BCUT2D eigenvalue weighted by Gasteiger charge is -2.12. The summed E-state index contributed by atoms with van der Waals surface area (Å²) in [6.07, 6.45) is 4.51. The predicted octanol–water partition coefficient (Wildman–Crippen LogP) is 3.07. The average Bonchev–Trinajstić information content (AvgIpc) is 3.06. The van der Waals surface area contributed by atoms with Crippen LogP contribution in [0.1, 0.15) is 47.4 Å². The number of hydrogen-bond donors (Lipinski definition) is 2. The van der Waals surface area contributed by atoms with Gasteiger partial charge in [-0.05, 0) is 31.4 Å². The molecule has 2 aromatic rings. The lowest BCUT2D eigenvalue weighted by Crippen LogP contribution is -2.33. The van der Waals surface area contributed by atoms with Crippen molar-refractivity contribution in [2.45, 2.75) is 45.2 Å². The molecule has 1 aliphatic rings. The van der Waals surface area contributed by atoms with Gasteiger partial charge in [-0.1, -0.05) is 43.2 Å². The van der Waals surface area contributed by atoms with Gasteiger partial charge >= 0.3 is 0 Å². The molecule has 1 aromatic heterocycles. The number of anilines is 1. The Morgan fingerprint density at radius 3 is 2.65 bits per heavy atom. The Morgan fingerprint density at radius 2 is 1.91 bits per heavy atom. The second kappa shape index (κ2) is 7.22. The Labute approximate surface area is 136 Å². The van der Waals surface area contributed by atoms with Crippen LogP contribution >= 0.6 is 0 Å². The van der Waals surface area contributed by atoms with Crippen molar-refractivity contribution in [2.24, 2.45) is 0 Å². The third-order valence-electron chi connectivity index (χ3n) is 4.07. The SMILES string of the molecule is Cc1cc(C(=O)NC2CCCC2)nc(NCc2ccccc2)n1. The van der Waals surface area contributed by atoms with Crippen molar-refractivity contribution in [2.75, 3.05) is 5.32 Å². The van der Waals surface area contributed by atoms with Gasteiger partial charge in [-0.25, -0.2) is 9.97 Å². The van der Waals surface area contributed by atoms with Crippen LogP contribution in [0, 0.1) is 6.92 Å². The summed E-state index contributed by atoms with van der Waals surface area (Å²) in [5.41, 5.74) is 2.36. The van der Waals surface area contributed by atoms with E-state index in [1.165, 1.54) is 12.8 Å². The molecule has 5 nitrogen and oxygen atoms in total. The van der Waals surface area contributed by atoms with Crippen LogP contribution in [0.4, 0.5) is 5.95 Å². The van der Waals surface area contributed by atoms with Crippen molar-refractivity contribution < 1.29 is 4.79 Å². The number of hydrogen-bond acceptors (Lipinski definition) is 4. The molecule has 0 unspecified atom stereocenters. The number of amides is 1. The molecule has 0 radical (unpaired) electrons. The van der Waals surface area contributed by atoms with Crippen LogP contribution < -0.4 is 10.6 Å². The number of nitrogens with zero attached hydrogens (tertiary/aromatic N) is 2. The van der Waals surface area contributed by atoms with E-state index in [0.717, 1.165) is 24.1 Å². The van der Waals surface area contributed by atoms with Crippen LogP contribution in [0.3, 0.4) is 0 Å². The highest BCUT2D eigenvalue weighted by Crippen LogP contribution is 2.18. The highest BCUT2D eigenvalue weighted by atomic mass is 16.1. The van der Waals surface area contributed by atoms with E-state index in [2.05, 4.69) is 20.6 Å².